The van der Waals surface area contributed by atoms with Gasteiger partial charge < -0.3 is 4.90 Å². The molecule has 2 amide bonds. The van der Waals surface area contributed by atoms with Crippen LogP contribution in [0.5, 0.6) is 0 Å². The maximum absolute atomic E-state index is 11.7. The topological polar surface area (TPSA) is 72.9 Å². The summed E-state index contributed by atoms with van der Waals surface area (Å²) in [7, 11) is 0. The third-order valence-electron chi connectivity index (χ3n) is 3.95. The van der Waals surface area contributed by atoms with E-state index in [2.05, 4.69) is 4.90 Å². The van der Waals surface area contributed by atoms with Gasteiger partial charge in [0.1, 0.15) is 0 Å². The maximum Gasteiger partial charge on any atom is 0.267 e. The summed E-state index contributed by atoms with van der Waals surface area (Å²) in [6.07, 6.45) is 3.49. The molecule has 0 radical (unpaired) electrons. The van der Waals surface area contributed by atoms with Crippen LogP contribution in [0.3, 0.4) is 0 Å². The summed E-state index contributed by atoms with van der Waals surface area (Å²) in [5.74, 6) is -0.318. The summed E-state index contributed by atoms with van der Waals surface area (Å²) in [6, 6.07) is 7.93. The zero-order valence-corrected chi connectivity index (χ0v) is 13.4. The smallest absolute Gasteiger partial charge is 0.267 e. The van der Waals surface area contributed by atoms with E-state index in [0.717, 1.165) is 38.3 Å². The Bertz CT molecular complexity index is 561. The van der Waals surface area contributed by atoms with Crippen molar-refractivity contribution in [1.82, 2.24) is 15.3 Å². The minimum Gasteiger partial charge on any atom is -0.340 e. The van der Waals surface area contributed by atoms with Crippen LogP contribution >= 0.6 is 0 Å². The van der Waals surface area contributed by atoms with E-state index in [1.165, 1.54) is 11.6 Å². The first kappa shape index (κ1) is 17.2. The first-order valence-electron chi connectivity index (χ1n) is 7.83. The van der Waals surface area contributed by atoms with E-state index in [1.54, 1.807) is 11.6 Å². The fourth-order valence-corrected chi connectivity index (χ4v) is 2.58. The molecule has 124 valence electrons. The lowest BCUT2D eigenvalue weighted by Gasteiger charge is -2.34. The van der Waals surface area contributed by atoms with Crippen LogP contribution in [0.2, 0.25) is 0 Å². The quantitative estimate of drug-likeness (QED) is 0.487. The van der Waals surface area contributed by atoms with Gasteiger partial charge in [-0.2, -0.15) is 0 Å². The van der Waals surface area contributed by atoms with Gasteiger partial charge in [-0.1, -0.05) is 31.2 Å². The number of hydrogen-bond acceptors (Lipinski definition) is 4. The SMILES string of the molecule is CCC(=O)N1CCN(Cc2ccc(C=CC(=O)NO)cc2)CC1. The molecule has 1 fully saturated rings. The average Bonchev–Trinajstić information content (AvgIpc) is 2.60. The molecule has 1 saturated heterocycles. The van der Waals surface area contributed by atoms with Crippen molar-refractivity contribution >= 4 is 17.9 Å². The minimum atomic E-state index is -0.548. The average molecular weight is 317 g/mol. The second kappa shape index (κ2) is 8.45. The molecule has 23 heavy (non-hydrogen) atoms. The van der Waals surface area contributed by atoms with Gasteiger partial charge in [-0.05, 0) is 17.2 Å². The Morgan fingerprint density at radius 3 is 2.39 bits per heavy atom. The standard InChI is InChI=1S/C17H23N3O3/c1-2-17(22)20-11-9-19(10-12-20)13-15-5-3-14(4-6-15)7-8-16(21)18-23/h3-8,23H,2,9-13H2,1H3,(H,18,21). The Morgan fingerprint density at radius 1 is 1.17 bits per heavy atom. The van der Waals surface area contributed by atoms with Gasteiger partial charge in [-0.15, -0.1) is 0 Å². The van der Waals surface area contributed by atoms with E-state index < -0.39 is 5.91 Å². The summed E-state index contributed by atoms with van der Waals surface area (Å²) < 4.78 is 0. The Labute approximate surface area is 136 Å². The van der Waals surface area contributed by atoms with Crippen molar-refractivity contribution in [2.24, 2.45) is 0 Å². The Morgan fingerprint density at radius 2 is 1.83 bits per heavy atom. The monoisotopic (exact) mass is 317 g/mol. The van der Waals surface area contributed by atoms with Crippen LogP contribution in [-0.4, -0.2) is 53.0 Å². The van der Waals surface area contributed by atoms with Crippen LogP contribution in [0.15, 0.2) is 30.3 Å². The lowest BCUT2D eigenvalue weighted by molar-refractivity contribution is -0.132. The largest absolute Gasteiger partial charge is 0.340 e. The number of nitrogens with zero attached hydrogens (tertiary/aromatic N) is 2. The van der Waals surface area contributed by atoms with Crippen LogP contribution in [0, 0.1) is 0 Å². The third-order valence-corrected chi connectivity index (χ3v) is 3.95. The van der Waals surface area contributed by atoms with Gasteiger partial charge in [0, 0.05) is 45.2 Å². The molecule has 1 aromatic carbocycles. The molecule has 0 bridgehead atoms. The van der Waals surface area contributed by atoms with Gasteiger partial charge >= 0.3 is 0 Å². The van der Waals surface area contributed by atoms with Crippen molar-refractivity contribution in [2.75, 3.05) is 26.2 Å². The zero-order valence-electron chi connectivity index (χ0n) is 13.4. The molecule has 0 aromatic heterocycles. The van der Waals surface area contributed by atoms with Crippen LogP contribution in [0.1, 0.15) is 24.5 Å². The van der Waals surface area contributed by atoms with Crippen molar-refractivity contribution in [3.8, 4) is 0 Å². The molecular formula is C17H23N3O3. The Hall–Kier alpha value is -2.18. The summed E-state index contributed by atoms with van der Waals surface area (Å²) in [4.78, 5) is 26.8. The number of hydrogen-bond donors (Lipinski definition) is 2. The summed E-state index contributed by atoms with van der Waals surface area (Å²) in [5.41, 5.74) is 3.65. The molecule has 2 rings (SSSR count). The second-order valence-corrected chi connectivity index (χ2v) is 5.56. The van der Waals surface area contributed by atoms with Gasteiger partial charge in [0.15, 0.2) is 0 Å². The number of piperazine rings is 1. The molecule has 6 nitrogen and oxygen atoms in total. The fourth-order valence-electron chi connectivity index (χ4n) is 2.58. The highest BCUT2D eigenvalue weighted by atomic mass is 16.5. The summed E-state index contributed by atoms with van der Waals surface area (Å²) in [6.45, 7) is 6.13. The first-order valence-corrected chi connectivity index (χ1v) is 7.83. The minimum absolute atomic E-state index is 0.229. The molecule has 0 spiro atoms. The van der Waals surface area contributed by atoms with Gasteiger partial charge in [0.25, 0.3) is 5.91 Å². The van der Waals surface area contributed by atoms with Gasteiger partial charge in [0.05, 0.1) is 0 Å². The summed E-state index contributed by atoms with van der Waals surface area (Å²) in [5, 5.41) is 8.43. The molecular weight excluding hydrogens is 294 g/mol. The number of nitrogens with one attached hydrogen (secondary N) is 1. The molecule has 0 atom stereocenters. The maximum atomic E-state index is 11.7. The molecule has 0 unspecified atom stereocenters. The predicted molar refractivity (Wildman–Crippen MR) is 87.6 cm³/mol. The van der Waals surface area contributed by atoms with Crippen LogP contribution in [-0.2, 0) is 16.1 Å². The van der Waals surface area contributed by atoms with Crippen molar-refractivity contribution < 1.29 is 14.8 Å². The number of carbonyl (C=O) groups excluding carboxylic acids is 2. The van der Waals surface area contributed by atoms with E-state index in [1.807, 2.05) is 36.1 Å². The van der Waals surface area contributed by atoms with Gasteiger partial charge in [-0.25, -0.2) is 5.48 Å². The normalized spacial score (nSPS) is 15.8. The third kappa shape index (κ3) is 5.19. The molecule has 2 N–H and O–H groups in total. The van der Waals surface area contributed by atoms with E-state index in [0.29, 0.717) is 6.42 Å². The van der Waals surface area contributed by atoms with Crippen molar-refractivity contribution in [3.05, 3.63) is 41.5 Å². The number of hydroxylamine groups is 1. The van der Waals surface area contributed by atoms with Gasteiger partial charge in [0.2, 0.25) is 5.91 Å². The van der Waals surface area contributed by atoms with E-state index in [4.69, 9.17) is 5.21 Å². The summed E-state index contributed by atoms with van der Waals surface area (Å²) >= 11 is 0. The zero-order chi connectivity index (χ0) is 16.7. The molecule has 1 aliphatic heterocycles. The Kier molecular flexibility index (Phi) is 6.31. The predicted octanol–water partition coefficient (Wildman–Crippen LogP) is 1.26. The second-order valence-electron chi connectivity index (χ2n) is 5.56. The number of amides is 2. The molecule has 1 heterocycles. The van der Waals surface area contributed by atoms with Crippen molar-refractivity contribution in [1.29, 1.82) is 0 Å². The van der Waals surface area contributed by atoms with E-state index >= 15 is 0 Å². The highest BCUT2D eigenvalue weighted by molar-refractivity contribution is 5.90. The number of rotatable bonds is 5. The molecule has 1 aliphatic rings. The Balaban J connectivity index is 1.84. The van der Waals surface area contributed by atoms with E-state index in [-0.39, 0.29) is 5.91 Å². The van der Waals surface area contributed by atoms with Crippen LogP contribution in [0.4, 0.5) is 0 Å². The van der Waals surface area contributed by atoms with Crippen LogP contribution in [0.25, 0.3) is 6.08 Å². The lowest BCUT2D eigenvalue weighted by atomic mass is 10.1. The van der Waals surface area contributed by atoms with E-state index in [9.17, 15) is 9.59 Å². The number of benzene rings is 1. The van der Waals surface area contributed by atoms with Crippen LogP contribution < -0.4 is 5.48 Å². The number of carbonyl (C=O) groups is 2. The van der Waals surface area contributed by atoms with Crippen molar-refractivity contribution in [3.63, 3.8) is 0 Å². The highest BCUT2D eigenvalue weighted by Crippen LogP contribution is 2.11. The van der Waals surface area contributed by atoms with Gasteiger partial charge in [-0.3, -0.25) is 19.7 Å². The molecule has 6 heteroatoms. The molecule has 0 saturated carbocycles. The fraction of sp³-hybridized carbons (Fsp3) is 0.412. The molecule has 1 aromatic rings. The molecule has 0 aliphatic carbocycles. The first-order chi connectivity index (χ1) is 11.1. The lowest BCUT2D eigenvalue weighted by Crippen LogP contribution is -2.48. The van der Waals surface area contributed by atoms with Crippen molar-refractivity contribution in [2.45, 2.75) is 19.9 Å². The highest BCUT2D eigenvalue weighted by Gasteiger charge is 2.19.